The van der Waals surface area contributed by atoms with Crippen LogP contribution in [0.3, 0.4) is 0 Å². The lowest BCUT2D eigenvalue weighted by Crippen LogP contribution is -2.14. The molecular formula is C25H16Cl3NO4. The summed E-state index contributed by atoms with van der Waals surface area (Å²) < 4.78 is 0. The zero-order valence-corrected chi connectivity index (χ0v) is 19.1. The van der Waals surface area contributed by atoms with Gasteiger partial charge in [-0.05, 0) is 83.4 Å². The predicted molar refractivity (Wildman–Crippen MR) is 131 cm³/mol. The lowest BCUT2D eigenvalue weighted by atomic mass is 9.86. The fourth-order valence-electron chi connectivity index (χ4n) is 3.68. The van der Waals surface area contributed by atoms with Gasteiger partial charge in [0.1, 0.15) is 17.2 Å². The minimum absolute atomic E-state index is 0.0235. The summed E-state index contributed by atoms with van der Waals surface area (Å²) in [7, 11) is 0. The number of phenols is 3. The number of benzene rings is 4. The van der Waals surface area contributed by atoms with Gasteiger partial charge in [-0.2, -0.15) is 0 Å². The molecule has 0 saturated heterocycles. The first kappa shape index (κ1) is 22.8. The van der Waals surface area contributed by atoms with Crippen molar-refractivity contribution in [3.63, 3.8) is 0 Å². The molecule has 4 rings (SSSR count). The molecule has 0 bridgehead atoms. The van der Waals surface area contributed by atoms with E-state index < -0.39 is 5.91 Å². The van der Waals surface area contributed by atoms with Crippen molar-refractivity contribution >= 4 is 40.7 Å². The van der Waals surface area contributed by atoms with E-state index in [1.165, 1.54) is 48.5 Å². The summed E-state index contributed by atoms with van der Waals surface area (Å²) in [6.07, 6.45) is 0. The van der Waals surface area contributed by atoms with Crippen LogP contribution >= 0.6 is 34.8 Å². The maximum absolute atomic E-state index is 12.7. The Morgan fingerprint density at radius 2 is 0.939 bits per heavy atom. The third-order valence-corrected chi connectivity index (χ3v) is 5.86. The number of carbonyl (C=O) groups is 1. The van der Waals surface area contributed by atoms with Crippen molar-refractivity contribution in [1.82, 2.24) is 0 Å². The minimum Gasteiger partial charge on any atom is -0.507 e. The average Bonchev–Trinajstić information content (AvgIpc) is 2.77. The highest BCUT2D eigenvalue weighted by molar-refractivity contribution is 6.31. The Balaban J connectivity index is 2.17. The van der Waals surface area contributed by atoms with E-state index in [0.717, 1.165) is 0 Å². The third kappa shape index (κ3) is 4.44. The van der Waals surface area contributed by atoms with Gasteiger partial charge in [0.05, 0.1) is 5.56 Å². The minimum atomic E-state index is -0.805. The fraction of sp³-hybridized carbons (Fsp3) is 0. The first-order chi connectivity index (χ1) is 15.7. The van der Waals surface area contributed by atoms with Gasteiger partial charge in [-0.1, -0.05) is 34.8 Å². The number of rotatable bonds is 4. The molecule has 8 heteroatoms. The van der Waals surface area contributed by atoms with Gasteiger partial charge < -0.3 is 21.1 Å². The van der Waals surface area contributed by atoms with Gasteiger partial charge in [-0.15, -0.1) is 0 Å². The van der Waals surface area contributed by atoms with E-state index in [9.17, 15) is 20.1 Å². The molecule has 0 aliphatic heterocycles. The van der Waals surface area contributed by atoms with E-state index >= 15 is 0 Å². The van der Waals surface area contributed by atoms with E-state index in [1.54, 1.807) is 18.2 Å². The molecule has 4 aromatic carbocycles. The number of phenolic OH excluding ortho intramolecular Hbond substituents is 3. The van der Waals surface area contributed by atoms with Gasteiger partial charge >= 0.3 is 0 Å². The SMILES string of the molecule is NC(=O)c1c(-c2cc(Cl)ccc2O)cc(-c2cc(Cl)ccc2O)cc1-c1cc(Cl)ccc1O. The normalized spacial score (nSPS) is 10.9. The van der Waals surface area contributed by atoms with Gasteiger partial charge in [0.2, 0.25) is 5.91 Å². The highest BCUT2D eigenvalue weighted by Crippen LogP contribution is 2.44. The van der Waals surface area contributed by atoms with Gasteiger partial charge in [0.15, 0.2) is 0 Å². The van der Waals surface area contributed by atoms with Crippen LogP contribution in [0.2, 0.25) is 15.1 Å². The van der Waals surface area contributed by atoms with Crippen LogP contribution in [0.4, 0.5) is 0 Å². The summed E-state index contributed by atoms with van der Waals surface area (Å²) in [6, 6.07) is 16.5. The molecule has 5 N–H and O–H groups in total. The van der Waals surface area contributed by atoms with Crippen molar-refractivity contribution in [2.45, 2.75) is 0 Å². The predicted octanol–water partition coefficient (Wildman–Crippen LogP) is 6.86. The molecule has 0 unspecified atom stereocenters. The zero-order chi connectivity index (χ0) is 23.9. The molecule has 1 amide bonds. The van der Waals surface area contributed by atoms with Crippen LogP contribution in [0.15, 0.2) is 66.7 Å². The number of amides is 1. The lowest BCUT2D eigenvalue weighted by Gasteiger charge is -2.18. The second-order valence-electron chi connectivity index (χ2n) is 7.30. The number of hydrogen-bond donors (Lipinski definition) is 4. The fourth-order valence-corrected chi connectivity index (χ4v) is 4.19. The smallest absolute Gasteiger partial charge is 0.249 e. The van der Waals surface area contributed by atoms with Gasteiger partial charge in [-0.3, -0.25) is 4.79 Å². The Morgan fingerprint density at radius 3 is 1.33 bits per heavy atom. The number of aromatic hydroxyl groups is 3. The van der Waals surface area contributed by atoms with E-state index in [2.05, 4.69) is 0 Å². The molecule has 0 saturated carbocycles. The Labute approximate surface area is 204 Å². The Hall–Kier alpha value is -3.38. The van der Waals surface area contributed by atoms with Crippen molar-refractivity contribution in [3.8, 4) is 50.6 Å². The molecule has 0 heterocycles. The van der Waals surface area contributed by atoms with Crippen molar-refractivity contribution in [2.24, 2.45) is 5.73 Å². The number of carbonyl (C=O) groups excluding carboxylic acids is 1. The summed E-state index contributed by atoms with van der Waals surface area (Å²) in [5.41, 5.74) is 7.57. The van der Waals surface area contributed by atoms with Crippen LogP contribution in [0.1, 0.15) is 10.4 Å². The number of halogens is 3. The highest BCUT2D eigenvalue weighted by atomic mass is 35.5. The van der Waals surface area contributed by atoms with Gasteiger partial charge in [-0.25, -0.2) is 0 Å². The quantitative estimate of drug-likeness (QED) is 0.246. The lowest BCUT2D eigenvalue weighted by molar-refractivity contribution is 0.100. The van der Waals surface area contributed by atoms with Crippen molar-refractivity contribution in [1.29, 1.82) is 0 Å². The molecular weight excluding hydrogens is 485 g/mol. The molecule has 0 spiro atoms. The maximum Gasteiger partial charge on any atom is 0.249 e. The van der Waals surface area contributed by atoms with Crippen LogP contribution in [0.25, 0.3) is 33.4 Å². The highest BCUT2D eigenvalue weighted by Gasteiger charge is 2.23. The van der Waals surface area contributed by atoms with E-state index in [-0.39, 0.29) is 45.1 Å². The molecule has 166 valence electrons. The van der Waals surface area contributed by atoms with Crippen LogP contribution in [-0.4, -0.2) is 21.2 Å². The number of nitrogens with two attached hydrogens (primary N) is 1. The standard InChI is InChI=1S/C25H16Cl3NO4/c26-13-1-4-21(30)16(9-13)12-7-19(17-10-14(27)2-5-22(17)31)24(25(29)33)20(8-12)18-11-15(28)3-6-23(18)32/h1-11,30-32H,(H2,29,33). The maximum atomic E-state index is 12.7. The first-order valence-corrected chi connectivity index (χ1v) is 10.7. The summed E-state index contributed by atoms with van der Waals surface area (Å²) in [4.78, 5) is 12.7. The Morgan fingerprint density at radius 1 is 0.576 bits per heavy atom. The Bertz CT molecular complexity index is 1350. The number of hydrogen-bond acceptors (Lipinski definition) is 4. The summed E-state index contributed by atoms with van der Waals surface area (Å²) in [5, 5.41) is 32.6. The second kappa shape index (κ2) is 8.87. The first-order valence-electron chi connectivity index (χ1n) is 9.60. The van der Waals surface area contributed by atoms with Crippen molar-refractivity contribution in [2.75, 3.05) is 0 Å². The molecule has 0 fully saturated rings. The number of primary amides is 1. The summed E-state index contributed by atoms with van der Waals surface area (Å²) in [6.45, 7) is 0. The van der Waals surface area contributed by atoms with Crippen molar-refractivity contribution < 1.29 is 20.1 Å². The molecule has 0 radical (unpaired) electrons. The zero-order valence-electron chi connectivity index (χ0n) is 16.8. The van der Waals surface area contributed by atoms with Crippen LogP contribution in [0, 0.1) is 0 Å². The largest absolute Gasteiger partial charge is 0.507 e. The summed E-state index contributed by atoms with van der Waals surface area (Å²) >= 11 is 18.5. The van der Waals surface area contributed by atoms with E-state index in [1.807, 2.05) is 0 Å². The molecule has 0 aliphatic rings. The summed E-state index contributed by atoms with van der Waals surface area (Å²) in [5.74, 6) is -1.15. The molecule has 5 nitrogen and oxygen atoms in total. The average molecular weight is 501 g/mol. The molecule has 0 aliphatic carbocycles. The van der Waals surface area contributed by atoms with Gasteiger partial charge in [0.25, 0.3) is 0 Å². The molecule has 33 heavy (non-hydrogen) atoms. The van der Waals surface area contributed by atoms with E-state index in [0.29, 0.717) is 26.2 Å². The molecule has 0 aromatic heterocycles. The topological polar surface area (TPSA) is 104 Å². The van der Waals surface area contributed by atoms with Crippen LogP contribution in [0.5, 0.6) is 17.2 Å². The monoisotopic (exact) mass is 499 g/mol. The molecule has 4 aromatic rings. The second-order valence-corrected chi connectivity index (χ2v) is 8.60. The van der Waals surface area contributed by atoms with Crippen LogP contribution in [-0.2, 0) is 0 Å². The Kier molecular flexibility index (Phi) is 6.13. The third-order valence-electron chi connectivity index (χ3n) is 5.15. The molecule has 0 atom stereocenters. The van der Waals surface area contributed by atoms with Crippen molar-refractivity contribution in [3.05, 3.63) is 87.4 Å². The van der Waals surface area contributed by atoms with E-state index in [4.69, 9.17) is 40.5 Å². The van der Waals surface area contributed by atoms with Crippen LogP contribution < -0.4 is 5.73 Å². The van der Waals surface area contributed by atoms with Gasteiger partial charge in [0, 0.05) is 31.8 Å².